The molecule has 0 fully saturated rings. The first-order valence-corrected chi connectivity index (χ1v) is 13.9. The van der Waals surface area contributed by atoms with E-state index in [2.05, 4.69) is 78.7 Å². The molecule has 0 spiro atoms. The van der Waals surface area contributed by atoms with Crippen LogP contribution in [-0.4, -0.2) is 9.97 Å². The maximum Gasteiger partial charge on any atom is 0.127 e. The van der Waals surface area contributed by atoms with Crippen LogP contribution >= 0.6 is 56.8 Å². The largest absolute Gasteiger partial charge is 0.457 e. The summed E-state index contributed by atoms with van der Waals surface area (Å²) in [5.41, 5.74) is 3.99. The molecule has 0 bridgehead atoms. The number of para-hydroxylation sites is 1. The van der Waals surface area contributed by atoms with Gasteiger partial charge >= 0.3 is 0 Å². The second-order valence-electron chi connectivity index (χ2n) is 8.04. The van der Waals surface area contributed by atoms with Gasteiger partial charge in [0.15, 0.2) is 0 Å². The molecular weight excluding hydrogens is 708 g/mol. The molecule has 0 aliphatic rings. The van der Waals surface area contributed by atoms with Crippen LogP contribution in [0, 0.1) is 7.14 Å². The predicted octanol–water partition coefficient (Wildman–Crippen LogP) is 9.87. The van der Waals surface area contributed by atoms with E-state index in [0.717, 1.165) is 49.7 Å². The van der Waals surface area contributed by atoms with Crippen LogP contribution in [0.15, 0.2) is 116 Å². The Morgan fingerprint density at radius 2 is 1.22 bits per heavy atom. The van der Waals surface area contributed by atoms with Crippen LogP contribution in [0.25, 0.3) is 21.8 Å². The van der Waals surface area contributed by atoms with Crippen LogP contribution < -0.4 is 10.1 Å². The van der Waals surface area contributed by atoms with Gasteiger partial charge in [0, 0.05) is 41.7 Å². The molecule has 1 N–H and O–H groups in total. The molecule has 0 saturated heterocycles. The summed E-state index contributed by atoms with van der Waals surface area (Å²) in [6, 6.07) is 33.8. The third kappa shape index (κ3) is 6.68. The van der Waals surface area contributed by atoms with Crippen molar-refractivity contribution >= 4 is 90.0 Å². The highest BCUT2D eigenvalue weighted by atomic mass is 127. The van der Waals surface area contributed by atoms with Crippen molar-refractivity contribution in [1.29, 1.82) is 0 Å². The molecule has 2 heterocycles. The molecule has 0 saturated carbocycles. The monoisotopic (exact) mass is 727 g/mol. The SMILES string of the molecule is Clc1ccnc2cc(I)ccc12.Ic1ccc2c(Nc3ccc(Oc4ccccc4)cc3)ccnc2c1. The summed E-state index contributed by atoms with van der Waals surface area (Å²) in [6.07, 6.45) is 3.55. The van der Waals surface area contributed by atoms with Crippen molar-refractivity contribution < 1.29 is 4.74 Å². The Kier molecular flexibility index (Phi) is 8.38. The van der Waals surface area contributed by atoms with Gasteiger partial charge in [-0.05, 0) is 124 Å². The number of hydrogen-bond acceptors (Lipinski definition) is 4. The topological polar surface area (TPSA) is 47.0 Å². The molecule has 4 aromatic carbocycles. The van der Waals surface area contributed by atoms with E-state index in [1.54, 1.807) is 12.3 Å². The molecule has 6 aromatic rings. The standard InChI is InChI=1S/C21H15IN2O.C9H5ClIN/c22-15-6-11-19-20(12-13-23-21(19)14-15)24-16-7-9-18(10-8-16)25-17-4-2-1-3-5-17;10-8-3-4-12-9-5-6(11)1-2-7(8)9/h1-14H,(H,23,24);1-5H. The van der Waals surface area contributed by atoms with E-state index in [9.17, 15) is 0 Å². The lowest BCUT2D eigenvalue weighted by atomic mass is 10.2. The Labute approximate surface area is 247 Å². The normalized spacial score (nSPS) is 10.6. The molecule has 0 amide bonds. The fourth-order valence-electron chi connectivity index (χ4n) is 3.70. The second-order valence-corrected chi connectivity index (χ2v) is 10.9. The van der Waals surface area contributed by atoms with Crippen molar-refractivity contribution in [2.45, 2.75) is 0 Å². The molecule has 0 atom stereocenters. The summed E-state index contributed by atoms with van der Waals surface area (Å²) < 4.78 is 8.18. The van der Waals surface area contributed by atoms with Crippen molar-refractivity contribution in [3.05, 3.63) is 128 Å². The minimum absolute atomic E-state index is 0.761. The average Bonchev–Trinajstić information content (AvgIpc) is 2.91. The number of fused-ring (bicyclic) bond motifs is 2. The predicted molar refractivity (Wildman–Crippen MR) is 170 cm³/mol. The number of benzene rings is 4. The van der Waals surface area contributed by atoms with Gasteiger partial charge in [0.1, 0.15) is 11.5 Å². The van der Waals surface area contributed by atoms with Crippen LogP contribution in [0.4, 0.5) is 11.4 Å². The molecule has 0 radical (unpaired) electrons. The summed E-state index contributed by atoms with van der Waals surface area (Å²) >= 11 is 10.5. The lowest BCUT2D eigenvalue weighted by Crippen LogP contribution is -1.93. The van der Waals surface area contributed by atoms with Gasteiger partial charge in [0.2, 0.25) is 0 Å². The van der Waals surface area contributed by atoms with E-state index in [1.165, 1.54) is 7.14 Å². The first kappa shape index (κ1) is 25.7. The summed E-state index contributed by atoms with van der Waals surface area (Å²) in [5.74, 6) is 1.64. The van der Waals surface area contributed by atoms with Crippen molar-refractivity contribution in [2.24, 2.45) is 0 Å². The van der Waals surface area contributed by atoms with E-state index >= 15 is 0 Å². The first-order valence-electron chi connectivity index (χ1n) is 11.4. The molecule has 0 unspecified atom stereocenters. The highest BCUT2D eigenvalue weighted by Crippen LogP contribution is 2.28. The second kappa shape index (κ2) is 12.1. The average molecular weight is 728 g/mol. The van der Waals surface area contributed by atoms with E-state index in [-0.39, 0.29) is 0 Å². The summed E-state index contributed by atoms with van der Waals surface area (Å²) in [7, 11) is 0. The fraction of sp³-hybridized carbons (Fsp3) is 0. The number of nitrogens with zero attached hydrogens (tertiary/aromatic N) is 2. The lowest BCUT2D eigenvalue weighted by molar-refractivity contribution is 0.483. The number of rotatable bonds is 4. The summed E-state index contributed by atoms with van der Waals surface area (Å²) in [6.45, 7) is 0. The number of hydrogen-bond donors (Lipinski definition) is 1. The van der Waals surface area contributed by atoms with Crippen LogP contribution in [-0.2, 0) is 0 Å². The van der Waals surface area contributed by atoms with Crippen LogP contribution in [0.1, 0.15) is 0 Å². The number of halogens is 3. The van der Waals surface area contributed by atoms with Crippen molar-refractivity contribution in [3.8, 4) is 11.5 Å². The van der Waals surface area contributed by atoms with Crippen molar-refractivity contribution in [1.82, 2.24) is 9.97 Å². The third-order valence-electron chi connectivity index (χ3n) is 5.47. The summed E-state index contributed by atoms with van der Waals surface area (Å²) in [4.78, 5) is 8.65. The summed E-state index contributed by atoms with van der Waals surface area (Å²) in [5, 5.41) is 6.34. The fourth-order valence-corrected chi connectivity index (χ4v) is 4.87. The molecule has 0 aliphatic heterocycles. The molecule has 6 rings (SSSR count). The molecular formula is C30H20ClI2N3O. The molecule has 37 heavy (non-hydrogen) atoms. The third-order valence-corrected chi connectivity index (χ3v) is 7.14. The minimum Gasteiger partial charge on any atom is -0.457 e. The van der Waals surface area contributed by atoms with Gasteiger partial charge in [-0.15, -0.1) is 0 Å². The maximum absolute atomic E-state index is 5.97. The Hall–Kier alpha value is -2.95. The number of aromatic nitrogens is 2. The van der Waals surface area contributed by atoms with Gasteiger partial charge < -0.3 is 10.1 Å². The highest BCUT2D eigenvalue weighted by Gasteiger charge is 2.04. The van der Waals surface area contributed by atoms with Crippen LogP contribution in [0.3, 0.4) is 0 Å². The Bertz CT molecular complexity index is 1660. The quantitative estimate of drug-likeness (QED) is 0.184. The first-order chi connectivity index (χ1) is 18.0. The zero-order chi connectivity index (χ0) is 25.6. The zero-order valence-electron chi connectivity index (χ0n) is 19.4. The van der Waals surface area contributed by atoms with Gasteiger partial charge in [-0.3, -0.25) is 9.97 Å². The van der Waals surface area contributed by atoms with Crippen molar-refractivity contribution in [3.63, 3.8) is 0 Å². The maximum atomic E-state index is 5.97. The van der Waals surface area contributed by atoms with Gasteiger partial charge in [-0.1, -0.05) is 35.9 Å². The van der Waals surface area contributed by atoms with Gasteiger partial charge in [-0.25, -0.2) is 0 Å². The Morgan fingerprint density at radius 3 is 1.92 bits per heavy atom. The number of nitrogens with one attached hydrogen (secondary N) is 1. The Morgan fingerprint density at radius 1 is 0.622 bits per heavy atom. The van der Waals surface area contributed by atoms with Crippen LogP contribution in [0.5, 0.6) is 11.5 Å². The smallest absolute Gasteiger partial charge is 0.127 e. The minimum atomic E-state index is 0.761. The van der Waals surface area contributed by atoms with E-state index < -0.39 is 0 Å². The van der Waals surface area contributed by atoms with Crippen molar-refractivity contribution in [2.75, 3.05) is 5.32 Å². The Balaban J connectivity index is 0.000000195. The number of pyridine rings is 2. The zero-order valence-corrected chi connectivity index (χ0v) is 24.5. The van der Waals surface area contributed by atoms with Gasteiger partial charge in [-0.2, -0.15) is 0 Å². The number of anilines is 2. The van der Waals surface area contributed by atoms with Gasteiger partial charge in [0.25, 0.3) is 0 Å². The molecule has 4 nitrogen and oxygen atoms in total. The lowest BCUT2D eigenvalue weighted by Gasteiger charge is -2.11. The number of ether oxygens (including phenoxy) is 1. The molecule has 2 aromatic heterocycles. The highest BCUT2D eigenvalue weighted by molar-refractivity contribution is 14.1. The van der Waals surface area contributed by atoms with Gasteiger partial charge in [0.05, 0.1) is 16.1 Å². The van der Waals surface area contributed by atoms with Crippen LogP contribution in [0.2, 0.25) is 5.02 Å². The van der Waals surface area contributed by atoms with E-state index in [0.29, 0.717) is 0 Å². The van der Waals surface area contributed by atoms with E-state index in [4.69, 9.17) is 16.3 Å². The molecule has 7 heteroatoms. The molecule has 182 valence electrons. The molecule has 0 aliphatic carbocycles. The van der Waals surface area contributed by atoms with E-state index in [1.807, 2.05) is 85.1 Å².